The molecular weight excluding hydrogens is 328 g/mol. The molecule has 0 bridgehead atoms. The van der Waals surface area contributed by atoms with Crippen LogP contribution in [0.15, 0.2) is 24.3 Å². The molecule has 0 unspecified atom stereocenters. The highest BCUT2D eigenvalue weighted by molar-refractivity contribution is 9.08. The van der Waals surface area contributed by atoms with Crippen LogP contribution in [0.5, 0.6) is 0 Å². The normalized spacial score (nSPS) is 18.4. The van der Waals surface area contributed by atoms with E-state index < -0.39 is 10.2 Å². The molecular formula is C13H19BrN2O2S. The second-order valence-electron chi connectivity index (χ2n) is 5.02. The van der Waals surface area contributed by atoms with Crippen LogP contribution in [0, 0.1) is 5.92 Å². The van der Waals surface area contributed by atoms with Crippen molar-refractivity contribution in [3.8, 4) is 0 Å². The van der Waals surface area contributed by atoms with E-state index >= 15 is 0 Å². The molecule has 1 aliphatic rings. The number of rotatable bonds is 4. The van der Waals surface area contributed by atoms with E-state index in [-0.39, 0.29) is 0 Å². The van der Waals surface area contributed by atoms with E-state index in [4.69, 9.17) is 0 Å². The van der Waals surface area contributed by atoms with Gasteiger partial charge in [-0.25, -0.2) is 0 Å². The maximum Gasteiger partial charge on any atom is 0.301 e. The number of halogens is 1. The lowest BCUT2D eigenvalue weighted by Crippen LogP contribution is -2.41. The van der Waals surface area contributed by atoms with Crippen molar-refractivity contribution in [2.45, 2.75) is 25.1 Å². The number of hydrogen-bond acceptors (Lipinski definition) is 2. The first-order valence-corrected chi connectivity index (χ1v) is 9.00. The SMILES string of the molecule is CC1CCN(S(=O)(=O)Nc2cccc(CBr)c2)CC1. The van der Waals surface area contributed by atoms with Crippen LogP contribution in [-0.2, 0) is 15.5 Å². The summed E-state index contributed by atoms with van der Waals surface area (Å²) in [5.41, 5.74) is 1.67. The fourth-order valence-corrected chi connectivity index (χ4v) is 3.75. The number of benzene rings is 1. The maximum atomic E-state index is 12.3. The molecule has 1 aromatic carbocycles. The summed E-state index contributed by atoms with van der Waals surface area (Å²) in [6.07, 6.45) is 1.87. The van der Waals surface area contributed by atoms with Gasteiger partial charge in [-0.15, -0.1) is 0 Å². The van der Waals surface area contributed by atoms with Crippen molar-refractivity contribution in [2.24, 2.45) is 5.92 Å². The van der Waals surface area contributed by atoms with Crippen LogP contribution in [0.1, 0.15) is 25.3 Å². The lowest BCUT2D eigenvalue weighted by atomic mass is 10.0. The van der Waals surface area contributed by atoms with Crippen molar-refractivity contribution in [3.63, 3.8) is 0 Å². The molecule has 1 N–H and O–H groups in total. The second-order valence-corrected chi connectivity index (χ2v) is 7.25. The van der Waals surface area contributed by atoms with Gasteiger partial charge in [-0.2, -0.15) is 12.7 Å². The van der Waals surface area contributed by atoms with Crippen molar-refractivity contribution >= 4 is 31.8 Å². The number of alkyl halides is 1. The Balaban J connectivity index is 2.08. The van der Waals surface area contributed by atoms with Crippen LogP contribution < -0.4 is 4.72 Å². The molecule has 0 aromatic heterocycles. The van der Waals surface area contributed by atoms with E-state index in [9.17, 15) is 8.42 Å². The number of piperidine rings is 1. The molecule has 6 heteroatoms. The van der Waals surface area contributed by atoms with Crippen molar-refractivity contribution in [1.29, 1.82) is 0 Å². The molecule has 0 radical (unpaired) electrons. The van der Waals surface area contributed by atoms with Gasteiger partial charge in [0.25, 0.3) is 0 Å². The summed E-state index contributed by atoms with van der Waals surface area (Å²) in [5.74, 6) is 0.614. The summed E-state index contributed by atoms with van der Waals surface area (Å²) in [5, 5.41) is 0.712. The molecule has 0 aliphatic carbocycles. The van der Waals surface area contributed by atoms with E-state index in [1.165, 1.54) is 4.31 Å². The van der Waals surface area contributed by atoms with Gasteiger partial charge in [0, 0.05) is 18.4 Å². The smallest absolute Gasteiger partial charge is 0.271 e. The Morgan fingerprint density at radius 3 is 2.68 bits per heavy atom. The van der Waals surface area contributed by atoms with Gasteiger partial charge in [-0.05, 0) is 36.5 Å². The second kappa shape index (κ2) is 6.24. The lowest BCUT2D eigenvalue weighted by Gasteiger charge is -2.29. The Hall–Kier alpha value is -0.590. The molecule has 0 saturated carbocycles. The first-order valence-electron chi connectivity index (χ1n) is 6.44. The molecule has 0 amide bonds. The first-order chi connectivity index (χ1) is 9.01. The van der Waals surface area contributed by atoms with E-state index in [1.807, 2.05) is 18.2 Å². The van der Waals surface area contributed by atoms with Gasteiger partial charge in [0.2, 0.25) is 0 Å². The third-order valence-electron chi connectivity index (χ3n) is 3.41. The standard InChI is InChI=1S/C13H19BrN2O2S/c1-11-5-7-16(8-6-11)19(17,18)15-13-4-2-3-12(9-13)10-14/h2-4,9,11,15H,5-8,10H2,1H3. The highest BCUT2D eigenvalue weighted by Gasteiger charge is 2.26. The molecule has 0 atom stereocenters. The molecule has 1 fully saturated rings. The number of nitrogens with one attached hydrogen (secondary N) is 1. The van der Waals surface area contributed by atoms with Crippen LogP contribution in [0.3, 0.4) is 0 Å². The van der Waals surface area contributed by atoms with Crippen molar-refractivity contribution in [2.75, 3.05) is 17.8 Å². The zero-order valence-electron chi connectivity index (χ0n) is 11.0. The van der Waals surface area contributed by atoms with Gasteiger partial charge >= 0.3 is 10.2 Å². The fourth-order valence-electron chi connectivity index (χ4n) is 2.16. The molecule has 1 heterocycles. The molecule has 1 saturated heterocycles. The highest BCUT2D eigenvalue weighted by Crippen LogP contribution is 2.21. The fraction of sp³-hybridized carbons (Fsp3) is 0.538. The summed E-state index contributed by atoms with van der Waals surface area (Å²) in [6, 6.07) is 7.43. The summed E-state index contributed by atoms with van der Waals surface area (Å²) in [4.78, 5) is 0. The van der Waals surface area contributed by atoms with Crippen LogP contribution >= 0.6 is 15.9 Å². The highest BCUT2D eigenvalue weighted by atomic mass is 79.9. The molecule has 2 rings (SSSR count). The van der Waals surface area contributed by atoms with E-state index in [1.54, 1.807) is 6.07 Å². The lowest BCUT2D eigenvalue weighted by molar-refractivity contribution is 0.289. The van der Waals surface area contributed by atoms with Gasteiger partial charge < -0.3 is 0 Å². The van der Waals surface area contributed by atoms with Crippen LogP contribution in [0.4, 0.5) is 5.69 Å². The average Bonchev–Trinajstić information content (AvgIpc) is 2.39. The largest absolute Gasteiger partial charge is 0.301 e. The Bertz CT molecular complexity index is 525. The predicted molar refractivity (Wildman–Crippen MR) is 81.6 cm³/mol. The molecule has 106 valence electrons. The minimum absolute atomic E-state index is 0.606. The Morgan fingerprint density at radius 1 is 1.37 bits per heavy atom. The topological polar surface area (TPSA) is 49.4 Å². The van der Waals surface area contributed by atoms with E-state index in [0.29, 0.717) is 30.0 Å². The van der Waals surface area contributed by atoms with Gasteiger partial charge in [0.15, 0.2) is 0 Å². The third kappa shape index (κ3) is 3.94. The molecule has 1 aliphatic heterocycles. The van der Waals surface area contributed by atoms with Crippen LogP contribution in [-0.4, -0.2) is 25.8 Å². The van der Waals surface area contributed by atoms with Crippen molar-refractivity contribution in [1.82, 2.24) is 4.31 Å². The zero-order valence-corrected chi connectivity index (χ0v) is 13.4. The van der Waals surface area contributed by atoms with E-state index in [2.05, 4.69) is 27.6 Å². The maximum absolute atomic E-state index is 12.3. The predicted octanol–water partition coefficient (Wildman–Crippen LogP) is 2.97. The summed E-state index contributed by atoms with van der Waals surface area (Å²) >= 11 is 3.37. The van der Waals surface area contributed by atoms with Gasteiger partial charge in [0.1, 0.15) is 0 Å². The van der Waals surface area contributed by atoms with Crippen LogP contribution in [0.2, 0.25) is 0 Å². The molecule has 19 heavy (non-hydrogen) atoms. The van der Waals surface area contributed by atoms with E-state index in [0.717, 1.165) is 18.4 Å². The molecule has 1 aromatic rings. The summed E-state index contributed by atoms with van der Waals surface area (Å²) < 4.78 is 28.7. The van der Waals surface area contributed by atoms with Gasteiger partial charge in [-0.1, -0.05) is 35.0 Å². The minimum atomic E-state index is -3.42. The van der Waals surface area contributed by atoms with Crippen LogP contribution in [0.25, 0.3) is 0 Å². The van der Waals surface area contributed by atoms with Gasteiger partial charge in [-0.3, -0.25) is 4.72 Å². The monoisotopic (exact) mass is 346 g/mol. The Morgan fingerprint density at radius 2 is 2.05 bits per heavy atom. The number of nitrogens with zero attached hydrogens (tertiary/aromatic N) is 1. The Labute approximate surface area is 123 Å². The molecule has 4 nitrogen and oxygen atoms in total. The minimum Gasteiger partial charge on any atom is -0.271 e. The number of hydrogen-bond donors (Lipinski definition) is 1. The van der Waals surface area contributed by atoms with Crippen molar-refractivity contribution in [3.05, 3.63) is 29.8 Å². The summed E-state index contributed by atoms with van der Waals surface area (Å²) in [7, 11) is -3.42. The average molecular weight is 347 g/mol. The Kier molecular flexibility index (Phi) is 4.86. The quantitative estimate of drug-likeness (QED) is 0.852. The van der Waals surface area contributed by atoms with Crippen molar-refractivity contribution < 1.29 is 8.42 Å². The van der Waals surface area contributed by atoms with Gasteiger partial charge in [0.05, 0.1) is 5.69 Å². The third-order valence-corrected chi connectivity index (χ3v) is 5.60. The summed E-state index contributed by atoms with van der Waals surface area (Å²) in [6.45, 7) is 3.38. The number of anilines is 1. The first kappa shape index (κ1) is 14.8. The zero-order chi connectivity index (χ0) is 13.9. The molecule has 0 spiro atoms.